The lowest BCUT2D eigenvalue weighted by Crippen LogP contribution is -2.10. The van der Waals surface area contributed by atoms with Gasteiger partial charge in [0.2, 0.25) is 0 Å². The molecule has 0 heterocycles. The van der Waals surface area contributed by atoms with E-state index in [4.69, 9.17) is 4.74 Å². The van der Waals surface area contributed by atoms with E-state index < -0.39 is 0 Å². The highest BCUT2D eigenvalue weighted by Gasteiger charge is 2.04. The van der Waals surface area contributed by atoms with Gasteiger partial charge in [0, 0.05) is 6.42 Å². The number of hydrogen-bond donors (Lipinski definition) is 0. The quantitative estimate of drug-likeness (QED) is 0.279. The fourth-order valence-corrected chi connectivity index (χ4v) is 2.66. The molecule has 0 aromatic carbocycles. The second kappa shape index (κ2) is 14.4. The minimum atomic E-state index is -0.0360. The summed E-state index contributed by atoms with van der Waals surface area (Å²) in [6, 6.07) is 0. The van der Waals surface area contributed by atoms with Crippen molar-refractivity contribution in [3.63, 3.8) is 0 Å². The van der Waals surface area contributed by atoms with Crippen LogP contribution in [0.25, 0.3) is 0 Å². The van der Waals surface area contributed by atoms with Crippen LogP contribution in [0.4, 0.5) is 0 Å². The zero-order valence-electron chi connectivity index (χ0n) is 15.0. The number of carbonyl (C=O) groups is 1. The van der Waals surface area contributed by atoms with Gasteiger partial charge < -0.3 is 4.74 Å². The molecule has 0 saturated heterocycles. The zero-order chi connectivity index (χ0) is 15.9. The minimum Gasteiger partial charge on any atom is -0.463 e. The first-order valence-electron chi connectivity index (χ1n) is 9.25. The molecule has 1 atom stereocenters. The second-order valence-electron chi connectivity index (χ2n) is 6.80. The van der Waals surface area contributed by atoms with E-state index in [0.717, 1.165) is 12.3 Å². The number of unbranched alkanes of at least 4 members (excludes halogenated alkanes) is 7. The van der Waals surface area contributed by atoms with Gasteiger partial charge in [-0.15, -0.1) is 0 Å². The zero-order valence-corrected chi connectivity index (χ0v) is 15.0. The highest BCUT2D eigenvalue weighted by molar-refractivity contribution is 5.69. The normalized spacial score (nSPS) is 12.6. The molecule has 0 spiro atoms. The van der Waals surface area contributed by atoms with E-state index in [2.05, 4.69) is 13.8 Å². The van der Waals surface area contributed by atoms with Crippen molar-refractivity contribution in [2.75, 3.05) is 0 Å². The fourth-order valence-electron chi connectivity index (χ4n) is 2.66. The Balaban J connectivity index is 3.20. The lowest BCUT2D eigenvalue weighted by atomic mass is 9.97. The maximum atomic E-state index is 11.3. The summed E-state index contributed by atoms with van der Waals surface area (Å²) in [6.07, 6.45) is 15.0. The summed E-state index contributed by atoms with van der Waals surface area (Å²) in [7, 11) is 0. The molecule has 0 bridgehead atoms. The van der Waals surface area contributed by atoms with Crippen LogP contribution in [0.3, 0.4) is 0 Å². The van der Waals surface area contributed by atoms with Crippen molar-refractivity contribution in [3.05, 3.63) is 0 Å². The molecule has 0 radical (unpaired) electrons. The molecule has 0 aliphatic heterocycles. The SMILES string of the molecule is CCCCC(C)CCCCCCCCCC(=O)OC(C)C. The maximum absolute atomic E-state index is 11.3. The number of rotatable bonds is 14. The van der Waals surface area contributed by atoms with Gasteiger partial charge >= 0.3 is 5.97 Å². The van der Waals surface area contributed by atoms with Crippen molar-refractivity contribution in [2.45, 2.75) is 111 Å². The van der Waals surface area contributed by atoms with Crippen molar-refractivity contribution in [1.29, 1.82) is 0 Å². The van der Waals surface area contributed by atoms with Crippen molar-refractivity contribution in [3.8, 4) is 0 Å². The van der Waals surface area contributed by atoms with Gasteiger partial charge in [0.1, 0.15) is 0 Å². The molecule has 0 saturated carbocycles. The molecule has 0 aliphatic rings. The van der Waals surface area contributed by atoms with Gasteiger partial charge in [-0.1, -0.05) is 78.1 Å². The van der Waals surface area contributed by atoms with Gasteiger partial charge in [-0.05, 0) is 26.2 Å². The minimum absolute atomic E-state index is 0.0252. The lowest BCUT2D eigenvalue weighted by molar-refractivity contribution is -0.147. The average molecular weight is 299 g/mol. The van der Waals surface area contributed by atoms with Gasteiger partial charge in [-0.3, -0.25) is 4.79 Å². The van der Waals surface area contributed by atoms with Gasteiger partial charge in [0.25, 0.3) is 0 Å². The highest BCUT2D eigenvalue weighted by Crippen LogP contribution is 2.17. The Labute approximate surface area is 133 Å². The number of ether oxygens (including phenoxy) is 1. The molecule has 2 nitrogen and oxygen atoms in total. The van der Waals surface area contributed by atoms with Crippen LogP contribution in [0.2, 0.25) is 0 Å². The Bertz CT molecular complexity index is 236. The fraction of sp³-hybridized carbons (Fsp3) is 0.947. The summed E-state index contributed by atoms with van der Waals surface area (Å²) in [5.74, 6) is 0.878. The first-order chi connectivity index (χ1) is 10.1. The number of hydrogen-bond acceptors (Lipinski definition) is 2. The van der Waals surface area contributed by atoms with Crippen molar-refractivity contribution in [2.24, 2.45) is 5.92 Å². The maximum Gasteiger partial charge on any atom is 0.306 e. The van der Waals surface area contributed by atoms with E-state index in [1.165, 1.54) is 64.2 Å². The lowest BCUT2D eigenvalue weighted by Gasteiger charge is -2.10. The van der Waals surface area contributed by atoms with Gasteiger partial charge in [-0.25, -0.2) is 0 Å². The molecule has 0 rings (SSSR count). The predicted octanol–water partition coefficient (Wildman–Crippen LogP) is 6.28. The molecule has 0 aromatic heterocycles. The first-order valence-corrected chi connectivity index (χ1v) is 9.25. The molecule has 0 amide bonds. The van der Waals surface area contributed by atoms with E-state index in [0.29, 0.717) is 6.42 Å². The smallest absolute Gasteiger partial charge is 0.306 e. The van der Waals surface area contributed by atoms with Crippen molar-refractivity contribution >= 4 is 5.97 Å². The third-order valence-electron chi connectivity index (χ3n) is 4.00. The number of carbonyl (C=O) groups excluding carboxylic acids is 1. The van der Waals surface area contributed by atoms with Crippen LogP contribution in [0, 0.1) is 5.92 Å². The summed E-state index contributed by atoms with van der Waals surface area (Å²) in [5, 5.41) is 0. The predicted molar refractivity (Wildman–Crippen MR) is 91.5 cm³/mol. The van der Waals surface area contributed by atoms with Crippen LogP contribution in [0.1, 0.15) is 105 Å². The second-order valence-corrected chi connectivity index (χ2v) is 6.80. The van der Waals surface area contributed by atoms with Crippen molar-refractivity contribution in [1.82, 2.24) is 0 Å². The van der Waals surface area contributed by atoms with Gasteiger partial charge in [0.05, 0.1) is 6.10 Å². The molecule has 2 heteroatoms. The Morgan fingerprint density at radius 2 is 1.33 bits per heavy atom. The van der Waals surface area contributed by atoms with E-state index in [1.54, 1.807) is 0 Å². The molecule has 0 aromatic rings. The summed E-state index contributed by atoms with van der Waals surface area (Å²) < 4.78 is 5.12. The standard InChI is InChI=1S/C19H38O2/c1-5-6-14-18(4)15-12-10-8-7-9-11-13-16-19(20)21-17(2)3/h17-18H,5-16H2,1-4H3. The molecule has 0 N–H and O–H groups in total. The van der Waals surface area contributed by atoms with Crippen LogP contribution >= 0.6 is 0 Å². The van der Waals surface area contributed by atoms with E-state index >= 15 is 0 Å². The van der Waals surface area contributed by atoms with Crippen LogP contribution < -0.4 is 0 Å². The summed E-state index contributed by atoms with van der Waals surface area (Å²) >= 11 is 0. The van der Waals surface area contributed by atoms with E-state index in [1.807, 2.05) is 13.8 Å². The van der Waals surface area contributed by atoms with Crippen LogP contribution in [-0.4, -0.2) is 12.1 Å². The molecular formula is C19H38O2. The monoisotopic (exact) mass is 298 g/mol. The molecule has 0 aliphatic carbocycles. The first kappa shape index (κ1) is 20.5. The highest BCUT2D eigenvalue weighted by atomic mass is 16.5. The van der Waals surface area contributed by atoms with Gasteiger partial charge in [-0.2, -0.15) is 0 Å². The topological polar surface area (TPSA) is 26.3 Å². The summed E-state index contributed by atoms with van der Waals surface area (Å²) in [5.41, 5.74) is 0. The third-order valence-corrected chi connectivity index (χ3v) is 4.00. The van der Waals surface area contributed by atoms with E-state index in [-0.39, 0.29) is 12.1 Å². The van der Waals surface area contributed by atoms with Gasteiger partial charge in [0.15, 0.2) is 0 Å². The molecule has 126 valence electrons. The average Bonchev–Trinajstić information content (AvgIpc) is 2.42. The van der Waals surface area contributed by atoms with Crippen molar-refractivity contribution < 1.29 is 9.53 Å². The molecule has 21 heavy (non-hydrogen) atoms. The van der Waals surface area contributed by atoms with Crippen LogP contribution in [-0.2, 0) is 9.53 Å². The van der Waals surface area contributed by atoms with Crippen LogP contribution in [0.15, 0.2) is 0 Å². The summed E-state index contributed by atoms with van der Waals surface area (Å²) in [4.78, 5) is 11.3. The third kappa shape index (κ3) is 15.7. The molecular weight excluding hydrogens is 260 g/mol. The Hall–Kier alpha value is -0.530. The molecule has 0 fully saturated rings. The van der Waals surface area contributed by atoms with E-state index in [9.17, 15) is 4.79 Å². The number of esters is 1. The molecule has 1 unspecified atom stereocenters. The Morgan fingerprint density at radius 1 is 0.810 bits per heavy atom. The largest absolute Gasteiger partial charge is 0.463 e. The Kier molecular flexibility index (Phi) is 14.0. The van der Waals surface area contributed by atoms with Crippen LogP contribution in [0.5, 0.6) is 0 Å². The summed E-state index contributed by atoms with van der Waals surface area (Å²) in [6.45, 7) is 8.48. The Morgan fingerprint density at radius 3 is 1.90 bits per heavy atom.